The summed E-state index contributed by atoms with van der Waals surface area (Å²) in [6.45, 7) is 3.72. The van der Waals surface area contributed by atoms with Crippen molar-refractivity contribution in [1.82, 2.24) is 10.2 Å². The van der Waals surface area contributed by atoms with Crippen LogP contribution in [-0.2, 0) is 11.3 Å². The molecule has 1 amide bonds. The second kappa shape index (κ2) is 6.75. The lowest BCUT2D eigenvalue weighted by molar-refractivity contribution is -0.133. The number of hydrogen-bond acceptors (Lipinski definition) is 3. The second-order valence-electron chi connectivity index (χ2n) is 5.64. The van der Waals surface area contributed by atoms with Crippen LogP contribution in [0.15, 0.2) is 24.3 Å². The van der Waals surface area contributed by atoms with E-state index >= 15 is 0 Å². The number of rotatable bonds is 4. The van der Waals surface area contributed by atoms with E-state index in [1.807, 2.05) is 31.3 Å². The van der Waals surface area contributed by atoms with E-state index in [-0.39, 0.29) is 11.9 Å². The van der Waals surface area contributed by atoms with Gasteiger partial charge in [0.05, 0.1) is 13.2 Å². The van der Waals surface area contributed by atoms with Crippen LogP contribution >= 0.6 is 0 Å². The van der Waals surface area contributed by atoms with Crippen molar-refractivity contribution < 1.29 is 9.53 Å². The van der Waals surface area contributed by atoms with E-state index in [0.29, 0.717) is 12.5 Å². The highest BCUT2D eigenvalue weighted by Gasteiger charge is 2.27. The second-order valence-corrected chi connectivity index (χ2v) is 5.64. The van der Waals surface area contributed by atoms with E-state index in [9.17, 15) is 4.79 Å². The van der Waals surface area contributed by atoms with E-state index in [4.69, 9.17) is 4.74 Å². The normalized spacial score (nSPS) is 22.4. The zero-order valence-electron chi connectivity index (χ0n) is 12.6. The van der Waals surface area contributed by atoms with Crippen LogP contribution in [0.2, 0.25) is 0 Å². The van der Waals surface area contributed by atoms with Crippen LogP contribution in [-0.4, -0.2) is 37.6 Å². The first-order valence-electron chi connectivity index (χ1n) is 7.22. The predicted molar refractivity (Wildman–Crippen MR) is 79.7 cm³/mol. The van der Waals surface area contributed by atoms with E-state index in [0.717, 1.165) is 30.7 Å². The molecule has 1 heterocycles. The number of piperidine rings is 1. The Kier molecular flexibility index (Phi) is 5.01. The van der Waals surface area contributed by atoms with Gasteiger partial charge in [0.15, 0.2) is 0 Å². The first kappa shape index (κ1) is 14.9. The van der Waals surface area contributed by atoms with Gasteiger partial charge < -0.3 is 15.0 Å². The highest BCUT2D eigenvalue weighted by Crippen LogP contribution is 2.21. The van der Waals surface area contributed by atoms with Crippen molar-refractivity contribution >= 4 is 5.91 Å². The van der Waals surface area contributed by atoms with Crippen molar-refractivity contribution in [3.63, 3.8) is 0 Å². The summed E-state index contributed by atoms with van der Waals surface area (Å²) in [5.41, 5.74) is 1.04. The molecule has 1 aromatic carbocycles. The molecule has 0 radical (unpaired) electrons. The van der Waals surface area contributed by atoms with E-state index < -0.39 is 0 Å². The van der Waals surface area contributed by atoms with E-state index in [2.05, 4.69) is 12.2 Å². The number of amides is 1. The Labute approximate surface area is 121 Å². The van der Waals surface area contributed by atoms with Crippen LogP contribution in [0.25, 0.3) is 0 Å². The van der Waals surface area contributed by atoms with E-state index in [1.54, 1.807) is 12.0 Å². The lowest BCUT2D eigenvalue weighted by atomic mass is 9.93. The number of ether oxygens (including phenoxy) is 1. The van der Waals surface area contributed by atoms with Gasteiger partial charge >= 0.3 is 0 Å². The molecule has 0 bridgehead atoms. The number of carbonyl (C=O) groups excluding carboxylic acids is 1. The highest BCUT2D eigenvalue weighted by molar-refractivity contribution is 5.81. The minimum atomic E-state index is -0.0431. The molecule has 1 aliphatic heterocycles. The topological polar surface area (TPSA) is 41.6 Å². The fourth-order valence-electron chi connectivity index (χ4n) is 2.73. The first-order chi connectivity index (χ1) is 9.61. The Balaban J connectivity index is 2.00. The van der Waals surface area contributed by atoms with Crippen molar-refractivity contribution in [2.24, 2.45) is 5.92 Å². The minimum absolute atomic E-state index is 0.0431. The Morgan fingerprint density at radius 1 is 1.45 bits per heavy atom. The van der Waals surface area contributed by atoms with Gasteiger partial charge in [-0.2, -0.15) is 0 Å². The molecule has 2 unspecified atom stereocenters. The molecule has 1 aromatic rings. The zero-order valence-corrected chi connectivity index (χ0v) is 12.6. The zero-order chi connectivity index (χ0) is 14.5. The fraction of sp³-hybridized carbons (Fsp3) is 0.562. The Hall–Kier alpha value is -1.55. The molecule has 1 fully saturated rings. The van der Waals surface area contributed by atoms with Crippen molar-refractivity contribution in [3.05, 3.63) is 29.8 Å². The van der Waals surface area contributed by atoms with Gasteiger partial charge in [-0.15, -0.1) is 0 Å². The Morgan fingerprint density at radius 3 is 2.90 bits per heavy atom. The summed E-state index contributed by atoms with van der Waals surface area (Å²) in [6.07, 6.45) is 2.08. The van der Waals surface area contributed by atoms with Crippen molar-refractivity contribution in [3.8, 4) is 5.75 Å². The molecule has 20 heavy (non-hydrogen) atoms. The standard InChI is InChI=1S/C16H24N2O2/c1-12-8-9-17-14(10-12)16(19)18(2)11-13-6-4-5-7-15(13)20-3/h4-7,12,14,17H,8-11H2,1-3H3. The van der Waals surface area contributed by atoms with E-state index in [1.165, 1.54) is 0 Å². The monoisotopic (exact) mass is 276 g/mol. The summed E-state index contributed by atoms with van der Waals surface area (Å²) >= 11 is 0. The minimum Gasteiger partial charge on any atom is -0.496 e. The van der Waals surface area contributed by atoms with Gasteiger partial charge in [-0.3, -0.25) is 4.79 Å². The highest BCUT2D eigenvalue weighted by atomic mass is 16.5. The number of carbonyl (C=O) groups is 1. The molecule has 0 saturated carbocycles. The molecule has 1 aliphatic rings. The summed E-state index contributed by atoms with van der Waals surface area (Å²) in [4.78, 5) is 14.3. The number of likely N-dealkylation sites (N-methyl/N-ethyl adjacent to an activating group) is 1. The molecule has 4 nitrogen and oxygen atoms in total. The van der Waals surface area contributed by atoms with Gasteiger partial charge in [-0.05, 0) is 31.4 Å². The maximum atomic E-state index is 12.5. The number of para-hydroxylation sites is 1. The fourth-order valence-corrected chi connectivity index (χ4v) is 2.73. The molecular weight excluding hydrogens is 252 g/mol. The number of nitrogens with zero attached hydrogens (tertiary/aromatic N) is 1. The molecular formula is C16H24N2O2. The molecule has 0 spiro atoms. The molecule has 4 heteroatoms. The van der Waals surface area contributed by atoms with Crippen LogP contribution in [0.3, 0.4) is 0 Å². The number of hydrogen-bond donors (Lipinski definition) is 1. The SMILES string of the molecule is COc1ccccc1CN(C)C(=O)C1CC(C)CCN1. The van der Waals surface area contributed by atoms with Gasteiger partial charge in [-0.25, -0.2) is 0 Å². The molecule has 110 valence electrons. The smallest absolute Gasteiger partial charge is 0.239 e. The largest absolute Gasteiger partial charge is 0.496 e. The summed E-state index contributed by atoms with van der Waals surface area (Å²) in [5.74, 6) is 1.62. The third-order valence-electron chi connectivity index (χ3n) is 3.94. The summed E-state index contributed by atoms with van der Waals surface area (Å²) in [5, 5.41) is 3.32. The van der Waals surface area contributed by atoms with Gasteiger partial charge in [0, 0.05) is 19.2 Å². The molecule has 1 N–H and O–H groups in total. The quantitative estimate of drug-likeness (QED) is 0.915. The van der Waals surface area contributed by atoms with Gasteiger partial charge in [0.1, 0.15) is 5.75 Å². The predicted octanol–water partition coefficient (Wildman–Crippen LogP) is 2.04. The van der Waals surface area contributed by atoms with Crippen LogP contribution in [0.1, 0.15) is 25.3 Å². The third-order valence-corrected chi connectivity index (χ3v) is 3.94. The lowest BCUT2D eigenvalue weighted by Crippen LogP contribution is -2.48. The molecule has 0 aromatic heterocycles. The maximum Gasteiger partial charge on any atom is 0.239 e. The van der Waals surface area contributed by atoms with Crippen LogP contribution in [0.4, 0.5) is 0 Å². The Bertz CT molecular complexity index is 462. The van der Waals surface area contributed by atoms with Crippen LogP contribution in [0, 0.1) is 5.92 Å². The van der Waals surface area contributed by atoms with Gasteiger partial charge in [0.2, 0.25) is 5.91 Å². The molecule has 2 rings (SSSR count). The average molecular weight is 276 g/mol. The maximum absolute atomic E-state index is 12.5. The summed E-state index contributed by atoms with van der Waals surface area (Å²) in [7, 11) is 3.51. The molecule has 1 saturated heterocycles. The van der Waals surface area contributed by atoms with Crippen molar-refractivity contribution in [2.75, 3.05) is 20.7 Å². The van der Waals surface area contributed by atoms with Crippen LogP contribution in [0.5, 0.6) is 5.75 Å². The number of nitrogens with one attached hydrogen (secondary N) is 1. The average Bonchev–Trinajstić information content (AvgIpc) is 2.47. The third kappa shape index (κ3) is 3.51. The molecule has 0 aliphatic carbocycles. The van der Waals surface area contributed by atoms with Crippen molar-refractivity contribution in [1.29, 1.82) is 0 Å². The van der Waals surface area contributed by atoms with Gasteiger partial charge in [0.25, 0.3) is 0 Å². The first-order valence-corrected chi connectivity index (χ1v) is 7.22. The van der Waals surface area contributed by atoms with Gasteiger partial charge in [-0.1, -0.05) is 25.1 Å². The summed E-state index contributed by atoms with van der Waals surface area (Å²) < 4.78 is 5.33. The number of benzene rings is 1. The van der Waals surface area contributed by atoms with Crippen molar-refractivity contribution in [2.45, 2.75) is 32.4 Å². The van der Waals surface area contributed by atoms with Crippen LogP contribution < -0.4 is 10.1 Å². The summed E-state index contributed by atoms with van der Waals surface area (Å²) in [6, 6.07) is 7.79. The number of methoxy groups -OCH3 is 1. The molecule has 2 atom stereocenters. The lowest BCUT2D eigenvalue weighted by Gasteiger charge is -2.30. The Morgan fingerprint density at radius 2 is 2.20 bits per heavy atom.